The number of hydrogen-bond donors (Lipinski definition) is 0. The average Bonchev–Trinajstić information content (AvgIpc) is 3.53. The molecule has 0 fully saturated rings. The normalized spacial score (nSPS) is 13.1. The molecule has 6 nitrogen and oxygen atoms in total. The maximum absolute atomic E-state index is 13.8. The minimum atomic E-state index is -0.945. The van der Waals surface area contributed by atoms with Crippen molar-refractivity contribution in [2.45, 2.75) is 25.5 Å². The van der Waals surface area contributed by atoms with Crippen LogP contribution in [0.5, 0.6) is 5.75 Å². The van der Waals surface area contributed by atoms with E-state index in [2.05, 4.69) is 36.4 Å². The molecule has 1 aliphatic heterocycles. The minimum Gasteiger partial charge on any atom is -0.491 e. The lowest BCUT2D eigenvalue weighted by atomic mass is 9.77. The number of carbonyl (C=O) groups excluding carboxylic acids is 2. The highest BCUT2D eigenvalue weighted by Gasteiger charge is 2.44. The van der Waals surface area contributed by atoms with Crippen molar-refractivity contribution >= 4 is 28.5 Å². The van der Waals surface area contributed by atoms with Crippen molar-refractivity contribution in [3.8, 4) is 5.75 Å². The topological polar surface area (TPSA) is 64.4 Å². The highest BCUT2D eigenvalue weighted by Crippen LogP contribution is 2.45. The summed E-state index contributed by atoms with van der Waals surface area (Å²) in [6.45, 7) is 3.92. The molecule has 0 unspecified atom stereocenters. The highest BCUT2D eigenvalue weighted by molar-refractivity contribution is 6.35. The van der Waals surface area contributed by atoms with E-state index < -0.39 is 17.4 Å². The third-order valence-electron chi connectivity index (χ3n) is 7.90. The third-order valence-corrected chi connectivity index (χ3v) is 7.90. The number of carbonyl (C=O) groups is 2. The fourth-order valence-electron chi connectivity index (χ4n) is 6.13. The summed E-state index contributed by atoms with van der Waals surface area (Å²) < 4.78 is 8.04. The zero-order valence-electron chi connectivity index (χ0n) is 23.8. The fraction of sp³-hybridized carbons (Fsp3) is 0.108. The van der Waals surface area contributed by atoms with Crippen molar-refractivity contribution in [3.63, 3.8) is 0 Å². The Morgan fingerprint density at radius 3 is 1.56 bits per heavy atom. The predicted molar refractivity (Wildman–Crippen MR) is 168 cm³/mol. The Morgan fingerprint density at radius 1 is 0.628 bits per heavy atom. The molecule has 0 saturated heterocycles. The Kier molecular flexibility index (Phi) is 6.39. The van der Waals surface area contributed by atoms with Gasteiger partial charge in [0.05, 0.1) is 22.7 Å². The molecule has 5 aromatic carbocycles. The van der Waals surface area contributed by atoms with Crippen molar-refractivity contribution in [2.24, 2.45) is 0 Å². The average molecular weight is 564 g/mol. The van der Waals surface area contributed by atoms with Crippen LogP contribution in [0.15, 0.2) is 133 Å². The molecule has 0 bridgehead atoms. The van der Waals surface area contributed by atoms with Gasteiger partial charge in [0, 0.05) is 5.39 Å². The van der Waals surface area contributed by atoms with E-state index in [1.165, 1.54) is 4.90 Å². The van der Waals surface area contributed by atoms with Crippen LogP contribution in [0.1, 0.15) is 51.3 Å². The summed E-state index contributed by atoms with van der Waals surface area (Å²) in [7, 11) is 0. The first-order chi connectivity index (χ1) is 21.0. The van der Waals surface area contributed by atoms with Crippen LogP contribution >= 0.6 is 0 Å². The first-order valence-corrected chi connectivity index (χ1v) is 14.3. The number of aromatic nitrogens is 2. The van der Waals surface area contributed by atoms with Gasteiger partial charge in [-0.2, -0.15) is 5.10 Å². The molecule has 0 atom stereocenters. The maximum Gasteiger partial charge on any atom is 0.267 e. The second-order valence-corrected chi connectivity index (χ2v) is 10.9. The number of rotatable bonds is 7. The third kappa shape index (κ3) is 4.14. The molecule has 43 heavy (non-hydrogen) atoms. The van der Waals surface area contributed by atoms with Crippen molar-refractivity contribution in [1.82, 2.24) is 9.78 Å². The smallest absolute Gasteiger partial charge is 0.267 e. The molecule has 0 N–H and O–H groups in total. The van der Waals surface area contributed by atoms with Gasteiger partial charge in [-0.15, -0.1) is 0 Å². The molecule has 1 aliphatic rings. The van der Waals surface area contributed by atoms with Gasteiger partial charge < -0.3 is 4.74 Å². The number of ether oxygens (including phenoxy) is 1. The van der Waals surface area contributed by atoms with E-state index >= 15 is 0 Å². The van der Waals surface area contributed by atoms with E-state index in [1.807, 2.05) is 91.3 Å². The summed E-state index contributed by atoms with van der Waals surface area (Å²) in [5.41, 5.74) is 3.48. The molecule has 7 rings (SSSR count). The number of anilines is 1. The number of hydrogen-bond acceptors (Lipinski definition) is 4. The quantitative estimate of drug-likeness (QED) is 0.149. The summed E-state index contributed by atoms with van der Waals surface area (Å²) in [4.78, 5) is 28.8. The van der Waals surface area contributed by atoms with Gasteiger partial charge >= 0.3 is 0 Å². The van der Waals surface area contributed by atoms with Crippen LogP contribution in [0.25, 0.3) is 10.9 Å². The molecular formula is C37H29N3O3. The lowest BCUT2D eigenvalue weighted by Crippen LogP contribution is -2.39. The van der Waals surface area contributed by atoms with E-state index in [0.29, 0.717) is 22.3 Å². The van der Waals surface area contributed by atoms with Gasteiger partial charge in [-0.05, 0) is 60.9 Å². The zero-order chi connectivity index (χ0) is 29.6. The Balaban J connectivity index is 1.60. The van der Waals surface area contributed by atoms with E-state index in [-0.39, 0.29) is 11.9 Å². The van der Waals surface area contributed by atoms with Gasteiger partial charge in [0.25, 0.3) is 11.8 Å². The van der Waals surface area contributed by atoms with Crippen LogP contribution in [0.4, 0.5) is 5.82 Å². The fourth-order valence-corrected chi connectivity index (χ4v) is 6.13. The summed E-state index contributed by atoms with van der Waals surface area (Å²) in [5.74, 6) is 0.103. The maximum atomic E-state index is 13.8. The minimum absolute atomic E-state index is 0.0627. The molecule has 2 amide bonds. The summed E-state index contributed by atoms with van der Waals surface area (Å²) >= 11 is 0. The molecular weight excluding hydrogens is 534 g/mol. The predicted octanol–water partition coefficient (Wildman–Crippen LogP) is 7.46. The van der Waals surface area contributed by atoms with Crippen LogP contribution < -0.4 is 9.64 Å². The number of benzene rings is 5. The Bertz CT molecular complexity index is 1830. The summed E-state index contributed by atoms with van der Waals surface area (Å²) in [6.07, 6.45) is -0.0627. The Hall–Kier alpha value is -5.49. The van der Waals surface area contributed by atoms with E-state index in [4.69, 9.17) is 9.84 Å². The molecule has 6 aromatic rings. The molecule has 0 spiro atoms. The van der Waals surface area contributed by atoms with Gasteiger partial charge in [-0.3, -0.25) is 9.59 Å². The Morgan fingerprint density at radius 2 is 1.09 bits per heavy atom. The van der Waals surface area contributed by atoms with Crippen LogP contribution in [-0.2, 0) is 5.54 Å². The van der Waals surface area contributed by atoms with E-state index in [1.54, 1.807) is 24.3 Å². The second kappa shape index (κ2) is 10.4. The van der Waals surface area contributed by atoms with Crippen molar-refractivity contribution in [3.05, 3.63) is 161 Å². The van der Waals surface area contributed by atoms with E-state index in [9.17, 15) is 9.59 Å². The van der Waals surface area contributed by atoms with Crippen molar-refractivity contribution in [2.75, 3.05) is 4.90 Å². The first kappa shape index (κ1) is 26.4. The molecule has 2 heterocycles. The highest BCUT2D eigenvalue weighted by atomic mass is 16.5. The first-order valence-electron chi connectivity index (χ1n) is 14.3. The Labute approximate surface area is 249 Å². The summed E-state index contributed by atoms with van der Waals surface area (Å²) in [5, 5.41) is 5.86. The number of imide groups is 1. The van der Waals surface area contributed by atoms with Gasteiger partial charge in [-0.1, -0.05) is 103 Å². The molecule has 0 saturated carbocycles. The van der Waals surface area contributed by atoms with Crippen LogP contribution in [0.3, 0.4) is 0 Å². The van der Waals surface area contributed by atoms with Crippen LogP contribution in [-0.4, -0.2) is 27.7 Å². The van der Waals surface area contributed by atoms with Gasteiger partial charge in [0.15, 0.2) is 5.82 Å². The molecule has 1 aromatic heterocycles. The number of amides is 2. The zero-order valence-corrected chi connectivity index (χ0v) is 23.8. The van der Waals surface area contributed by atoms with Crippen molar-refractivity contribution < 1.29 is 14.3 Å². The lowest BCUT2D eigenvalue weighted by Gasteiger charge is -2.37. The number of fused-ring (bicyclic) bond motifs is 2. The van der Waals surface area contributed by atoms with Crippen LogP contribution in [0.2, 0.25) is 0 Å². The largest absolute Gasteiger partial charge is 0.491 e. The van der Waals surface area contributed by atoms with Crippen LogP contribution in [0, 0.1) is 0 Å². The molecule has 210 valence electrons. The van der Waals surface area contributed by atoms with Gasteiger partial charge in [0.2, 0.25) is 0 Å². The molecule has 0 radical (unpaired) electrons. The number of nitrogens with zero attached hydrogens (tertiary/aromatic N) is 3. The van der Waals surface area contributed by atoms with Gasteiger partial charge in [0.1, 0.15) is 11.3 Å². The summed E-state index contributed by atoms with van der Waals surface area (Å²) in [6, 6.07) is 43.3. The monoisotopic (exact) mass is 563 g/mol. The standard InChI is InChI=1S/C37H29N3O3/c1-25(2)43-29-22-23-33-32(24-29)34(39-35(41)30-20-12-13-21-31(30)36(39)42)38-40(33)37(26-14-6-3-7-15-26,27-16-8-4-9-17-27)28-18-10-5-11-19-28/h3-25H,1-2H3. The lowest BCUT2D eigenvalue weighted by molar-refractivity contribution is 0.0925. The van der Waals surface area contributed by atoms with E-state index in [0.717, 1.165) is 22.2 Å². The second-order valence-electron chi connectivity index (χ2n) is 10.9. The van der Waals surface area contributed by atoms with Gasteiger partial charge in [-0.25, -0.2) is 9.58 Å². The molecule has 0 aliphatic carbocycles. The van der Waals surface area contributed by atoms with Crippen molar-refractivity contribution in [1.29, 1.82) is 0 Å². The SMILES string of the molecule is CC(C)Oc1ccc2c(c1)c(N1C(=O)c3ccccc3C1=O)nn2C(c1ccccc1)(c1ccccc1)c1ccccc1. The molecule has 6 heteroatoms.